The van der Waals surface area contributed by atoms with E-state index in [0.717, 1.165) is 12.3 Å². The summed E-state index contributed by atoms with van der Waals surface area (Å²) in [6.07, 6.45) is -3.21. The lowest BCUT2D eigenvalue weighted by molar-refractivity contribution is -0.384. The van der Waals surface area contributed by atoms with Crippen LogP contribution in [0, 0.1) is 16.0 Å². The van der Waals surface area contributed by atoms with Crippen LogP contribution >= 0.6 is 0 Å². The average Bonchev–Trinajstić information content (AvgIpc) is 2.45. The van der Waals surface area contributed by atoms with Crippen LogP contribution < -0.4 is 4.90 Å². The van der Waals surface area contributed by atoms with E-state index in [0.29, 0.717) is 0 Å². The van der Waals surface area contributed by atoms with Crippen LogP contribution in [-0.4, -0.2) is 38.9 Å². The van der Waals surface area contributed by atoms with Gasteiger partial charge in [-0.15, -0.1) is 0 Å². The fraction of sp³-hybridized carbons (Fsp3) is 0.538. The molecule has 0 amide bonds. The maximum absolute atomic E-state index is 12.9. The van der Waals surface area contributed by atoms with Crippen molar-refractivity contribution >= 4 is 21.2 Å². The molecule has 1 heterocycles. The van der Waals surface area contributed by atoms with Gasteiger partial charge < -0.3 is 4.90 Å². The van der Waals surface area contributed by atoms with E-state index in [2.05, 4.69) is 0 Å². The number of piperidine rings is 1. The number of nitrogens with zero attached hydrogens (tertiary/aromatic N) is 2. The number of benzene rings is 1. The third kappa shape index (κ3) is 3.92. The minimum absolute atomic E-state index is 0.0105. The van der Waals surface area contributed by atoms with Crippen LogP contribution in [0.25, 0.3) is 0 Å². The quantitative estimate of drug-likeness (QED) is 0.617. The third-order valence-corrected chi connectivity index (χ3v) is 4.91. The van der Waals surface area contributed by atoms with Gasteiger partial charge in [0.2, 0.25) is 0 Å². The van der Waals surface area contributed by atoms with Crippen LogP contribution in [0.15, 0.2) is 23.1 Å². The second kappa shape index (κ2) is 5.99. The maximum Gasteiger partial charge on any atom is 0.393 e. The molecule has 23 heavy (non-hydrogen) atoms. The summed E-state index contributed by atoms with van der Waals surface area (Å²) < 4.78 is 61.6. The van der Waals surface area contributed by atoms with Crippen LogP contribution in [-0.2, 0) is 9.84 Å². The van der Waals surface area contributed by atoms with Gasteiger partial charge in [-0.25, -0.2) is 8.42 Å². The van der Waals surface area contributed by atoms with Crippen LogP contribution in [0.3, 0.4) is 0 Å². The first-order valence-corrected chi connectivity index (χ1v) is 8.69. The Bertz CT molecular complexity index is 718. The lowest BCUT2D eigenvalue weighted by Crippen LogP contribution is -2.42. The third-order valence-electron chi connectivity index (χ3n) is 3.80. The van der Waals surface area contributed by atoms with Crippen LogP contribution in [0.4, 0.5) is 24.5 Å². The first-order valence-electron chi connectivity index (χ1n) is 6.80. The second-order valence-corrected chi connectivity index (χ2v) is 7.52. The fourth-order valence-corrected chi connectivity index (χ4v) is 3.25. The normalized spacial score (nSPS) is 19.7. The highest BCUT2D eigenvalue weighted by Gasteiger charge is 2.42. The lowest BCUT2D eigenvalue weighted by atomic mass is 9.97. The number of rotatable bonds is 3. The van der Waals surface area contributed by atoms with E-state index in [9.17, 15) is 31.7 Å². The molecule has 6 nitrogen and oxygen atoms in total. The van der Waals surface area contributed by atoms with Crippen molar-refractivity contribution < 1.29 is 26.5 Å². The van der Waals surface area contributed by atoms with Crippen LogP contribution in [0.2, 0.25) is 0 Å². The van der Waals surface area contributed by atoms with Gasteiger partial charge in [0.05, 0.1) is 15.7 Å². The number of hydrogen-bond donors (Lipinski definition) is 0. The van der Waals surface area contributed by atoms with E-state index in [1.54, 1.807) is 0 Å². The first-order chi connectivity index (χ1) is 10.5. The van der Waals surface area contributed by atoms with Crippen molar-refractivity contribution in [2.24, 2.45) is 5.92 Å². The summed E-state index contributed by atoms with van der Waals surface area (Å²) in [5.74, 6) is -1.55. The molecule has 1 aliphatic heterocycles. The molecule has 1 fully saturated rings. The minimum Gasteiger partial charge on any atom is -0.365 e. The molecule has 1 aromatic carbocycles. The molecular formula is C13H15F3N2O4S. The van der Waals surface area contributed by atoms with E-state index in [1.807, 2.05) is 0 Å². The topological polar surface area (TPSA) is 80.5 Å². The highest BCUT2D eigenvalue weighted by Crippen LogP contribution is 2.38. The maximum atomic E-state index is 12.9. The van der Waals surface area contributed by atoms with Crippen molar-refractivity contribution in [2.75, 3.05) is 24.2 Å². The van der Waals surface area contributed by atoms with E-state index >= 15 is 0 Å². The predicted molar refractivity (Wildman–Crippen MR) is 77.2 cm³/mol. The van der Waals surface area contributed by atoms with Crippen molar-refractivity contribution in [1.82, 2.24) is 0 Å². The fourth-order valence-electron chi connectivity index (χ4n) is 2.61. The molecule has 0 unspecified atom stereocenters. The molecule has 1 aliphatic rings. The number of anilines is 1. The SMILES string of the molecule is CS(=O)(=O)c1ccc(N2CCC[C@@H](C(F)(F)F)C2)c([N+](=O)[O-])c1. The first kappa shape index (κ1) is 17.5. The zero-order valence-electron chi connectivity index (χ0n) is 12.2. The number of halogens is 3. The van der Waals surface area contributed by atoms with Crippen molar-refractivity contribution in [1.29, 1.82) is 0 Å². The van der Waals surface area contributed by atoms with Gasteiger partial charge in [-0.3, -0.25) is 10.1 Å². The number of hydrogen-bond acceptors (Lipinski definition) is 5. The van der Waals surface area contributed by atoms with E-state index < -0.39 is 32.5 Å². The summed E-state index contributed by atoms with van der Waals surface area (Å²) in [6, 6.07) is 3.27. The molecule has 0 radical (unpaired) electrons. The van der Waals surface area contributed by atoms with Gasteiger partial charge in [-0.2, -0.15) is 13.2 Å². The molecule has 1 saturated heterocycles. The number of nitro benzene ring substituents is 1. The molecule has 1 atom stereocenters. The Morgan fingerprint density at radius 3 is 2.52 bits per heavy atom. The summed E-state index contributed by atoms with van der Waals surface area (Å²) in [5, 5.41) is 11.2. The summed E-state index contributed by atoms with van der Waals surface area (Å²) in [4.78, 5) is 11.5. The van der Waals surface area contributed by atoms with Gasteiger partial charge in [0, 0.05) is 25.4 Å². The highest BCUT2D eigenvalue weighted by atomic mass is 32.2. The molecule has 0 aliphatic carbocycles. The van der Waals surface area contributed by atoms with Gasteiger partial charge in [0.1, 0.15) is 5.69 Å². The molecule has 0 aromatic heterocycles. The standard InChI is InChI=1S/C13H15F3N2O4S/c1-23(21,22)10-4-5-11(12(7-10)18(19)20)17-6-2-3-9(8-17)13(14,15)16/h4-5,7,9H,2-3,6,8H2,1H3/t9-/m1/s1. The van der Waals surface area contributed by atoms with Crippen molar-refractivity contribution in [3.05, 3.63) is 28.3 Å². The molecule has 2 rings (SSSR count). The monoisotopic (exact) mass is 352 g/mol. The van der Waals surface area contributed by atoms with Crippen molar-refractivity contribution in [3.8, 4) is 0 Å². The van der Waals surface area contributed by atoms with Crippen molar-refractivity contribution in [3.63, 3.8) is 0 Å². The van der Waals surface area contributed by atoms with Gasteiger partial charge in [-0.05, 0) is 25.0 Å². The largest absolute Gasteiger partial charge is 0.393 e. The molecule has 1 aromatic rings. The zero-order chi connectivity index (χ0) is 17.4. The highest BCUT2D eigenvalue weighted by molar-refractivity contribution is 7.90. The van der Waals surface area contributed by atoms with Gasteiger partial charge in [0.15, 0.2) is 9.84 Å². The summed E-state index contributed by atoms with van der Waals surface area (Å²) >= 11 is 0. The van der Waals surface area contributed by atoms with Crippen LogP contribution in [0.1, 0.15) is 12.8 Å². The Morgan fingerprint density at radius 1 is 1.35 bits per heavy atom. The zero-order valence-corrected chi connectivity index (χ0v) is 13.0. The Hall–Kier alpha value is -1.84. The Kier molecular flexibility index (Phi) is 4.56. The van der Waals surface area contributed by atoms with Gasteiger partial charge in [-0.1, -0.05) is 0 Å². The van der Waals surface area contributed by atoms with E-state index in [-0.39, 0.29) is 36.5 Å². The van der Waals surface area contributed by atoms with Crippen molar-refractivity contribution in [2.45, 2.75) is 23.9 Å². The van der Waals surface area contributed by atoms with Crippen LogP contribution in [0.5, 0.6) is 0 Å². The summed E-state index contributed by atoms with van der Waals surface area (Å²) in [5.41, 5.74) is -0.493. The summed E-state index contributed by atoms with van der Waals surface area (Å²) in [7, 11) is -3.64. The molecule has 0 N–H and O–H groups in total. The Labute approximate surface area is 131 Å². The molecule has 0 spiro atoms. The Morgan fingerprint density at radius 2 is 2.00 bits per heavy atom. The second-order valence-electron chi connectivity index (χ2n) is 5.51. The molecule has 0 bridgehead atoms. The predicted octanol–water partition coefficient (Wildman–Crippen LogP) is 2.78. The van der Waals surface area contributed by atoms with Gasteiger partial charge >= 0.3 is 6.18 Å². The summed E-state index contributed by atoms with van der Waals surface area (Å²) in [6.45, 7) is -0.117. The molecule has 0 saturated carbocycles. The smallest absolute Gasteiger partial charge is 0.365 e. The lowest BCUT2D eigenvalue weighted by Gasteiger charge is -2.34. The minimum atomic E-state index is -4.36. The molecule has 128 valence electrons. The number of sulfone groups is 1. The van der Waals surface area contributed by atoms with E-state index in [1.165, 1.54) is 17.0 Å². The molecule has 10 heteroatoms. The average molecular weight is 352 g/mol. The Balaban J connectivity index is 2.41. The number of nitro groups is 1. The van der Waals surface area contributed by atoms with Gasteiger partial charge in [0.25, 0.3) is 5.69 Å². The molecular weight excluding hydrogens is 337 g/mol. The van der Waals surface area contributed by atoms with E-state index in [4.69, 9.17) is 0 Å². The number of alkyl halides is 3.